The van der Waals surface area contributed by atoms with E-state index >= 15 is 0 Å². The first kappa shape index (κ1) is 17.2. The fourth-order valence-corrected chi connectivity index (χ4v) is 4.82. The molecule has 0 heterocycles. The lowest BCUT2D eigenvalue weighted by atomic mass is 10.2. The highest BCUT2D eigenvalue weighted by molar-refractivity contribution is 7.86. The van der Waals surface area contributed by atoms with Gasteiger partial charge in [-0.2, -0.15) is 21.6 Å². The van der Waals surface area contributed by atoms with Crippen LogP contribution in [0, 0.1) is 10.5 Å². The average molecular weight is 443 g/mol. The van der Waals surface area contributed by atoms with Gasteiger partial charge in [0.15, 0.2) is 0 Å². The topological polar surface area (TPSA) is 43.4 Å². The Morgan fingerprint density at radius 2 is 1.50 bits per heavy atom. The van der Waals surface area contributed by atoms with Gasteiger partial charge in [0.1, 0.15) is 0 Å². The van der Waals surface area contributed by atoms with Crippen molar-refractivity contribution in [3.8, 4) is 0 Å². The molecule has 0 unspecified atom stereocenters. The summed E-state index contributed by atoms with van der Waals surface area (Å²) in [6, 6.07) is 10.5. The molecule has 0 radical (unpaired) electrons. The molecule has 2 aromatic rings. The summed E-state index contributed by atoms with van der Waals surface area (Å²) in [7, 11) is -3.89. The van der Waals surface area contributed by atoms with Crippen LogP contribution in [-0.2, 0) is 18.8 Å². The second kappa shape index (κ2) is 6.55. The van der Waals surface area contributed by atoms with Crippen LogP contribution in [0.3, 0.4) is 0 Å². The van der Waals surface area contributed by atoms with Crippen molar-refractivity contribution < 1.29 is 45.7 Å². The summed E-state index contributed by atoms with van der Waals surface area (Å²) in [6.45, 7) is 1.83. The van der Waals surface area contributed by atoms with Crippen molar-refractivity contribution in [2.24, 2.45) is 0 Å². The first-order valence-electron chi connectivity index (χ1n) is 6.01. The van der Waals surface area contributed by atoms with Gasteiger partial charge in [-0.15, -0.1) is 0 Å². The quantitative estimate of drug-likeness (QED) is 0.651. The van der Waals surface area contributed by atoms with Crippen molar-refractivity contribution in [1.29, 1.82) is 0 Å². The van der Waals surface area contributed by atoms with Crippen molar-refractivity contribution in [2.75, 3.05) is 0 Å². The monoisotopic (exact) mass is 443 g/mol. The maximum Gasteiger partial charge on any atom is 0.540 e. The van der Waals surface area contributed by atoms with Crippen molar-refractivity contribution in [1.82, 2.24) is 0 Å². The van der Waals surface area contributed by atoms with E-state index in [1.165, 1.54) is 24.3 Å². The Kier molecular flexibility index (Phi) is 5.13. The lowest BCUT2D eigenvalue weighted by Crippen LogP contribution is -3.61. The Labute approximate surface area is 137 Å². The summed E-state index contributed by atoms with van der Waals surface area (Å²) in [5, 5.41) is 0. The Hall–Kier alpha value is -1.13. The molecule has 0 saturated heterocycles. The van der Waals surface area contributed by atoms with Gasteiger partial charge in [0, 0.05) is 0 Å². The van der Waals surface area contributed by atoms with Gasteiger partial charge in [-0.25, -0.2) is 0 Å². The molecule has 0 saturated carbocycles. The highest BCUT2D eigenvalue weighted by Crippen LogP contribution is 2.28. The second-order valence-electron chi connectivity index (χ2n) is 4.41. The zero-order valence-corrected chi connectivity index (χ0v) is 14.2. The van der Waals surface area contributed by atoms with Crippen molar-refractivity contribution in [3.05, 3.63) is 63.2 Å². The van der Waals surface area contributed by atoms with E-state index < -0.39 is 43.5 Å². The molecule has 0 aliphatic rings. The molecule has 22 heavy (non-hydrogen) atoms. The van der Waals surface area contributed by atoms with Crippen molar-refractivity contribution in [3.63, 3.8) is 0 Å². The average Bonchev–Trinajstić information content (AvgIpc) is 2.45. The van der Waals surface area contributed by atoms with Gasteiger partial charge in [0.05, 0.1) is 10.5 Å². The normalized spacial score (nSPS) is 12.4. The van der Waals surface area contributed by atoms with E-state index in [2.05, 4.69) is 0 Å². The van der Waals surface area contributed by atoms with Crippen LogP contribution in [0.5, 0.6) is 0 Å². The van der Waals surface area contributed by atoms with Crippen LogP contribution in [0.4, 0.5) is 13.2 Å². The molecule has 0 spiro atoms. The van der Waals surface area contributed by atoms with Gasteiger partial charge >= 0.3 is 37.9 Å². The van der Waals surface area contributed by atoms with Crippen LogP contribution < -0.4 is 21.6 Å². The third-order valence-electron chi connectivity index (χ3n) is 2.68. The minimum absolute atomic E-state index is 0.0321. The predicted molar refractivity (Wildman–Crippen MR) is 69.6 cm³/mol. The molecule has 0 amide bonds. The van der Waals surface area contributed by atoms with E-state index in [0.29, 0.717) is 3.57 Å². The zero-order chi connectivity index (χ0) is 16.4. The number of alkyl halides is 3. The maximum atomic E-state index is 12.4. The summed E-state index contributed by atoms with van der Waals surface area (Å²) in [5.74, 6) is 0. The van der Waals surface area contributed by atoms with Gasteiger partial charge in [-0.1, -0.05) is 17.7 Å². The van der Waals surface area contributed by atoms with E-state index in [0.717, 1.165) is 17.7 Å². The fourth-order valence-electron chi connectivity index (χ4n) is 1.51. The number of aryl methyl sites for hydroxylation is 1. The van der Waals surface area contributed by atoms with Crippen LogP contribution in [0.2, 0.25) is 0 Å². The van der Waals surface area contributed by atoms with Gasteiger partial charge in [0.25, 0.3) is 0 Å². The summed E-state index contributed by atoms with van der Waals surface area (Å²) in [5.41, 5.74) is 0.137. The Balaban J connectivity index is 2.07. The first-order valence-corrected chi connectivity index (χ1v) is 9.37. The summed E-state index contributed by atoms with van der Waals surface area (Å²) in [6.07, 6.45) is -4.41. The summed E-state index contributed by atoms with van der Waals surface area (Å²) >= 11 is -1.40. The highest BCUT2D eigenvalue weighted by atomic mass is 127. The number of hydrogen-bond acceptors (Lipinski definition) is 3. The predicted octanol–water partition coefficient (Wildman–Crippen LogP) is 0.593. The summed E-state index contributed by atoms with van der Waals surface area (Å²) < 4.78 is 66.6. The molecule has 2 aromatic carbocycles. The molecule has 0 aliphatic carbocycles. The van der Waals surface area contributed by atoms with Crippen molar-refractivity contribution >= 4 is 10.1 Å². The van der Waals surface area contributed by atoms with Crippen LogP contribution in [0.15, 0.2) is 53.4 Å². The molecule has 2 rings (SSSR count). The Morgan fingerprint density at radius 3 is 2.00 bits per heavy atom. The largest absolute Gasteiger partial charge is 0.540 e. The Bertz CT molecular complexity index is 738. The first-order chi connectivity index (χ1) is 10.2. The molecule has 3 nitrogen and oxygen atoms in total. The minimum atomic E-state index is -4.41. The van der Waals surface area contributed by atoms with Crippen LogP contribution >= 0.6 is 0 Å². The second-order valence-corrected chi connectivity index (χ2v) is 8.68. The van der Waals surface area contributed by atoms with Gasteiger partial charge in [-0.05, 0) is 45.8 Å². The number of hydrogen-bond donors (Lipinski definition) is 0. The van der Waals surface area contributed by atoms with Crippen LogP contribution in [0.25, 0.3) is 0 Å². The maximum absolute atomic E-state index is 12.4. The number of halogens is 4. The highest BCUT2D eigenvalue weighted by Gasteiger charge is 2.32. The van der Waals surface area contributed by atoms with Gasteiger partial charge in [-0.3, -0.25) is 0 Å². The van der Waals surface area contributed by atoms with Gasteiger partial charge in [0.2, 0.25) is 3.57 Å². The molecular weight excluding hydrogens is 432 g/mol. The van der Waals surface area contributed by atoms with Crippen LogP contribution in [-0.4, -0.2) is 8.42 Å². The number of benzene rings is 2. The van der Waals surface area contributed by atoms with E-state index in [9.17, 15) is 21.6 Å². The molecule has 0 aliphatic heterocycles. The summed E-state index contributed by atoms with van der Waals surface area (Å²) in [4.78, 5) is 0.0321. The molecule has 0 N–H and O–H groups in total. The van der Waals surface area contributed by atoms with Crippen molar-refractivity contribution in [2.45, 2.75) is 18.0 Å². The van der Waals surface area contributed by atoms with E-state index in [-0.39, 0.29) is 4.90 Å². The molecule has 0 bridgehead atoms. The molecule has 0 atom stereocenters. The minimum Gasteiger partial charge on any atom is -0.190 e. The lowest BCUT2D eigenvalue weighted by molar-refractivity contribution is -0.837. The van der Waals surface area contributed by atoms with E-state index in [1.54, 1.807) is 12.1 Å². The third kappa shape index (κ3) is 4.43. The molecule has 8 heteroatoms. The third-order valence-corrected chi connectivity index (χ3v) is 6.95. The molecule has 118 valence electrons. The lowest BCUT2D eigenvalue weighted by Gasteiger charge is -2.04. The number of rotatable bonds is 4. The van der Waals surface area contributed by atoms with E-state index in [4.69, 9.17) is 2.51 Å². The van der Waals surface area contributed by atoms with Gasteiger partial charge < -0.3 is 0 Å². The van der Waals surface area contributed by atoms with E-state index in [1.807, 2.05) is 6.92 Å². The fraction of sp³-hybridized carbons (Fsp3) is 0.143. The standard InChI is InChI=1S/C14H11F3IO3S/c1-10-2-8-13(9-3-10)22(19,20)21-18-12-6-4-11(5-7-12)14(15,16)17/h2-9H,1H3/q+1. The molecular formula is C14H11F3IO3S+. The smallest absolute Gasteiger partial charge is 0.190 e. The van der Waals surface area contributed by atoms with Crippen LogP contribution in [0.1, 0.15) is 11.1 Å². The molecule has 0 fully saturated rings. The SMILES string of the molecule is Cc1ccc(S(=O)(=O)O[I+]c2ccc(C(F)(F)F)cc2)cc1. The molecule has 0 aromatic heterocycles. The Morgan fingerprint density at radius 1 is 0.955 bits per heavy atom. The zero-order valence-electron chi connectivity index (χ0n) is 11.3.